The molecule has 6 heteroatoms. The van der Waals surface area contributed by atoms with E-state index in [4.69, 9.17) is 14.2 Å². The highest BCUT2D eigenvalue weighted by Crippen LogP contribution is 2.42. The molecule has 0 radical (unpaired) electrons. The maximum atomic E-state index is 11.7. The topological polar surface area (TPSA) is 68.2 Å². The molecule has 2 unspecified atom stereocenters. The molecule has 2 atom stereocenters. The van der Waals surface area contributed by atoms with Crippen LogP contribution in [0.2, 0.25) is 0 Å². The van der Waals surface area contributed by atoms with Gasteiger partial charge in [0.15, 0.2) is 11.5 Å². The number of carbonyl (C=O) groups is 1. The van der Waals surface area contributed by atoms with E-state index in [9.17, 15) is 9.90 Å². The van der Waals surface area contributed by atoms with Gasteiger partial charge >= 0.3 is 5.97 Å². The summed E-state index contributed by atoms with van der Waals surface area (Å²) in [6.07, 6.45) is 1.54. The van der Waals surface area contributed by atoms with E-state index < -0.39 is 5.97 Å². The van der Waals surface area contributed by atoms with Gasteiger partial charge in [-0.1, -0.05) is 24.3 Å². The third kappa shape index (κ3) is 4.65. The summed E-state index contributed by atoms with van der Waals surface area (Å²) in [5.41, 5.74) is 1.99. The van der Waals surface area contributed by atoms with E-state index in [0.29, 0.717) is 31.1 Å². The van der Waals surface area contributed by atoms with E-state index >= 15 is 0 Å². The summed E-state index contributed by atoms with van der Waals surface area (Å²) < 4.78 is 16.9. The van der Waals surface area contributed by atoms with E-state index in [1.807, 2.05) is 43.3 Å². The predicted molar refractivity (Wildman–Crippen MR) is 111 cm³/mol. The molecule has 0 bridgehead atoms. The molecule has 2 aromatic carbocycles. The fraction of sp³-hybridized carbons (Fsp3) is 0.435. The van der Waals surface area contributed by atoms with Crippen LogP contribution in [0.15, 0.2) is 42.5 Å². The average Bonchev–Trinajstić information content (AvgIpc) is 2.74. The Morgan fingerprint density at radius 1 is 1.21 bits per heavy atom. The second-order valence-corrected chi connectivity index (χ2v) is 7.16. The predicted octanol–water partition coefficient (Wildman–Crippen LogP) is 3.99. The first-order valence-corrected chi connectivity index (χ1v) is 9.99. The fourth-order valence-corrected chi connectivity index (χ4v) is 4.10. The van der Waals surface area contributed by atoms with Crippen molar-refractivity contribution in [2.75, 3.05) is 33.9 Å². The van der Waals surface area contributed by atoms with Gasteiger partial charge in [0.2, 0.25) is 0 Å². The number of likely N-dealkylation sites (tertiary alicyclic amines) is 1. The van der Waals surface area contributed by atoms with Crippen LogP contribution in [-0.4, -0.2) is 49.9 Å². The number of ether oxygens (including phenoxy) is 3. The van der Waals surface area contributed by atoms with Crippen LogP contribution in [0.25, 0.3) is 0 Å². The molecule has 0 spiro atoms. The minimum Gasteiger partial charge on any atom is -0.494 e. The molecule has 156 valence electrons. The number of methoxy groups -OCH3 is 2. The van der Waals surface area contributed by atoms with E-state index in [1.165, 1.54) is 0 Å². The zero-order valence-corrected chi connectivity index (χ0v) is 17.3. The lowest BCUT2D eigenvalue weighted by Gasteiger charge is -2.38. The summed E-state index contributed by atoms with van der Waals surface area (Å²) >= 11 is 0. The minimum absolute atomic E-state index is 0.164. The van der Waals surface area contributed by atoms with Crippen molar-refractivity contribution in [3.05, 3.63) is 53.6 Å². The fourth-order valence-electron chi connectivity index (χ4n) is 4.10. The monoisotopic (exact) mass is 399 g/mol. The second-order valence-electron chi connectivity index (χ2n) is 7.16. The van der Waals surface area contributed by atoms with Crippen molar-refractivity contribution in [2.24, 2.45) is 5.92 Å². The maximum absolute atomic E-state index is 11.7. The number of nitrogens with zero attached hydrogens (tertiary/aromatic N) is 1. The smallest absolute Gasteiger partial charge is 0.307 e. The summed E-state index contributed by atoms with van der Waals surface area (Å²) in [5.74, 6) is 0.998. The summed E-state index contributed by atoms with van der Waals surface area (Å²) in [6.45, 7) is 3.84. The van der Waals surface area contributed by atoms with Gasteiger partial charge in [-0.2, -0.15) is 0 Å². The molecule has 0 aromatic heterocycles. The van der Waals surface area contributed by atoms with Crippen LogP contribution in [0.4, 0.5) is 0 Å². The lowest BCUT2D eigenvalue weighted by molar-refractivity contribution is -0.143. The minimum atomic E-state index is -0.742. The van der Waals surface area contributed by atoms with E-state index in [1.54, 1.807) is 14.2 Å². The van der Waals surface area contributed by atoms with Crippen LogP contribution in [0.3, 0.4) is 0 Å². The third-order valence-corrected chi connectivity index (χ3v) is 5.38. The zero-order valence-electron chi connectivity index (χ0n) is 17.3. The first-order chi connectivity index (χ1) is 14.1. The van der Waals surface area contributed by atoms with Crippen LogP contribution >= 0.6 is 0 Å². The molecule has 0 aliphatic carbocycles. The van der Waals surface area contributed by atoms with Crippen LogP contribution in [0, 0.1) is 5.92 Å². The van der Waals surface area contributed by atoms with Crippen molar-refractivity contribution in [1.29, 1.82) is 0 Å². The van der Waals surface area contributed by atoms with Gasteiger partial charge in [0, 0.05) is 12.1 Å². The Balaban J connectivity index is 2.10. The third-order valence-electron chi connectivity index (χ3n) is 5.38. The molecule has 1 saturated heterocycles. The molecule has 1 heterocycles. The number of benzene rings is 2. The Morgan fingerprint density at radius 3 is 2.69 bits per heavy atom. The van der Waals surface area contributed by atoms with Gasteiger partial charge in [-0.25, -0.2) is 0 Å². The van der Waals surface area contributed by atoms with Gasteiger partial charge in [-0.15, -0.1) is 0 Å². The number of rotatable bonds is 8. The van der Waals surface area contributed by atoms with E-state index in [2.05, 4.69) is 11.0 Å². The molecule has 3 rings (SSSR count). The molecule has 29 heavy (non-hydrogen) atoms. The first kappa shape index (κ1) is 21.0. The number of hydrogen-bond donors (Lipinski definition) is 1. The molecular weight excluding hydrogens is 370 g/mol. The van der Waals surface area contributed by atoms with Crippen LogP contribution in [0.5, 0.6) is 17.2 Å². The molecule has 1 N–H and O–H groups in total. The highest BCUT2D eigenvalue weighted by atomic mass is 16.5. The van der Waals surface area contributed by atoms with E-state index in [0.717, 1.165) is 29.8 Å². The van der Waals surface area contributed by atoms with Crippen LogP contribution in [0.1, 0.15) is 36.9 Å². The lowest BCUT2D eigenvalue weighted by atomic mass is 9.90. The molecule has 0 amide bonds. The molecule has 6 nitrogen and oxygen atoms in total. The number of carboxylic acid groups (broad SMARTS) is 1. The van der Waals surface area contributed by atoms with E-state index in [-0.39, 0.29) is 12.0 Å². The van der Waals surface area contributed by atoms with Gasteiger partial charge in [0.05, 0.1) is 32.8 Å². The second kappa shape index (κ2) is 9.65. The van der Waals surface area contributed by atoms with Crippen molar-refractivity contribution in [3.8, 4) is 17.2 Å². The first-order valence-electron chi connectivity index (χ1n) is 9.99. The number of para-hydroxylation sites is 1. The lowest BCUT2D eigenvalue weighted by Crippen LogP contribution is -2.41. The highest BCUT2D eigenvalue weighted by Gasteiger charge is 2.33. The van der Waals surface area contributed by atoms with Crippen LogP contribution < -0.4 is 14.2 Å². The number of carboxylic acids is 1. The van der Waals surface area contributed by atoms with Gasteiger partial charge in [-0.3, -0.25) is 9.69 Å². The quantitative estimate of drug-likeness (QED) is 0.724. The van der Waals surface area contributed by atoms with Crippen molar-refractivity contribution in [2.45, 2.75) is 25.8 Å². The molecule has 1 aliphatic heterocycles. The van der Waals surface area contributed by atoms with Gasteiger partial charge < -0.3 is 19.3 Å². The summed E-state index contributed by atoms with van der Waals surface area (Å²) in [4.78, 5) is 13.9. The molecule has 1 aliphatic rings. The molecule has 0 saturated carbocycles. The van der Waals surface area contributed by atoms with Gasteiger partial charge in [-0.05, 0) is 50.1 Å². The summed E-state index contributed by atoms with van der Waals surface area (Å²) in [5, 5.41) is 9.58. The summed E-state index contributed by atoms with van der Waals surface area (Å²) in [7, 11) is 3.25. The molecular formula is C23H29NO5. The van der Waals surface area contributed by atoms with Crippen LogP contribution in [-0.2, 0) is 4.79 Å². The zero-order chi connectivity index (χ0) is 20.8. The Morgan fingerprint density at radius 2 is 2.00 bits per heavy atom. The van der Waals surface area contributed by atoms with Crippen molar-refractivity contribution >= 4 is 5.97 Å². The Labute approximate surface area is 172 Å². The molecule has 1 fully saturated rings. The SMILES string of the molecule is CCOc1cccc(C(c2cccc(OC)c2OC)N2CCCC(C(=O)O)C2)c1. The largest absolute Gasteiger partial charge is 0.494 e. The number of aliphatic carboxylic acids is 1. The Bertz CT molecular complexity index is 838. The Hall–Kier alpha value is -2.73. The Kier molecular flexibility index (Phi) is 6.99. The highest BCUT2D eigenvalue weighted by molar-refractivity contribution is 5.70. The number of hydrogen-bond acceptors (Lipinski definition) is 5. The normalized spacial score (nSPS) is 18.1. The maximum Gasteiger partial charge on any atom is 0.307 e. The standard InChI is InChI=1S/C23H29NO5/c1-4-29-18-10-5-8-16(14-18)21(24-13-7-9-17(15-24)23(25)26)19-11-6-12-20(27-2)22(19)28-3/h5-6,8,10-12,14,17,21H,4,7,9,13,15H2,1-3H3,(H,25,26). The molecule has 2 aromatic rings. The van der Waals surface area contributed by atoms with Gasteiger partial charge in [0.1, 0.15) is 5.75 Å². The summed E-state index contributed by atoms with van der Waals surface area (Å²) in [6, 6.07) is 13.6. The average molecular weight is 399 g/mol. The van der Waals surface area contributed by atoms with Crippen molar-refractivity contribution < 1.29 is 24.1 Å². The number of piperidine rings is 1. The van der Waals surface area contributed by atoms with Gasteiger partial charge in [0.25, 0.3) is 0 Å². The van der Waals surface area contributed by atoms with Crippen molar-refractivity contribution in [3.63, 3.8) is 0 Å². The van der Waals surface area contributed by atoms with Crippen molar-refractivity contribution in [1.82, 2.24) is 4.90 Å².